The van der Waals surface area contributed by atoms with Crippen molar-refractivity contribution in [3.8, 4) is 0 Å². The fourth-order valence-electron chi connectivity index (χ4n) is 4.13. The van der Waals surface area contributed by atoms with E-state index < -0.39 is 23.7 Å². The number of amides is 1. The number of hydrogen-bond acceptors (Lipinski definition) is 6. The van der Waals surface area contributed by atoms with E-state index in [0.29, 0.717) is 24.9 Å². The van der Waals surface area contributed by atoms with E-state index in [1.807, 2.05) is 7.05 Å². The SMILES string of the molecule is CN(CC[C@H](NC(=O)OC(C)(C)C)C(=O)O)C1CC1CCc1ccc2c(n1)NCCC2. The minimum absolute atomic E-state index is 0.340. The Balaban J connectivity index is 1.40. The lowest BCUT2D eigenvalue weighted by Crippen LogP contribution is -2.45. The first kappa shape index (κ1) is 23.3. The van der Waals surface area contributed by atoms with Gasteiger partial charge in [0.05, 0.1) is 0 Å². The van der Waals surface area contributed by atoms with Gasteiger partial charge in [-0.2, -0.15) is 0 Å². The van der Waals surface area contributed by atoms with Gasteiger partial charge in [-0.25, -0.2) is 14.6 Å². The normalized spacial score (nSPS) is 21.1. The first-order chi connectivity index (χ1) is 14.6. The highest BCUT2D eigenvalue weighted by Crippen LogP contribution is 2.38. The molecule has 1 fully saturated rings. The molecule has 3 N–H and O–H groups in total. The Bertz CT molecular complexity index is 792. The van der Waals surface area contributed by atoms with E-state index in [9.17, 15) is 14.7 Å². The van der Waals surface area contributed by atoms with E-state index in [4.69, 9.17) is 9.72 Å². The number of ether oxygens (including phenoxy) is 1. The summed E-state index contributed by atoms with van der Waals surface area (Å²) in [5.74, 6) is 0.613. The molecule has 0 spiro atoms. The van der Waals surface area contributed by atoms with Crippen LogP contribution in [-0.2, 0) is 22.4 Å². The number of anilines is 1. The molecule has 1 aliphatic heterocycles. The van der Waals surface area contributed by atoms with Gasteiger partial charge in [0.1, 0.15) is 17.5 Å². The molecule has 1 amide bonds. The van der Waals surface area contributed by atoms with Gasteiger partial charge in [-0.05, 0) is 83.9 Å². The standard InChI is InChI=1S/C23H36N4O4/c1-23(2,3)31-22(30)26-18(21(28)29)11-13-27(4)19-14-16(19)8-10-17-9-7-15-6-5-12-24-20(15)25-17/h7,9,16,18-19H,5-6,8,10-14H2,1-4H3,(H,24,25)(H,26,30)(H,28,29)/t16?,18-,19?/m0/s1. The maximum absolute atomic E-state index is 11.9. The third-order valence-corrected chi connectivity index (χ3v) is 5.93. The molecule has 2 unspecified atom stereocenters. The van der Waals surface area contributed by atoms with Crippen LogP contribution >= 0.6 is 0 Å². The Labute approximate surface area is 184 Å². The summed E-state index contributed by atoms with van der Waals surface area (Å²) in [6, 6.07) is 3.85. The number of nitrogens with zero attached hydrogens (tertiary/aromatic N) is 2. The molecular formula is C23H36N4O4. The summed E-state index contributed by atoms with van der Waals surface area (Å²) in [6.07, 6.45) is 5.08. The number of aromatic nitrogens is 1. The largest absolute Gasteiger partial charge is 0.480 e. The van der Waals surface area contributed by atoms with Crippen molar-refractivity contribution in [1.29, 1.82) is 0 Å². The van der Waals surface area contributed by atoms with Crippen LogP contribution < -0.4 is 10.6 Å². The second-order valence-electron chi connectivity index (χ2n) is 9.75. The molecule has 1 saturated carbocycles. The van der Waals surface area contributed by atoms with E-state index in [0.717, 1.165) is 43.7 Å². The van der Waals surface area contributed by atoms with Gasteiger partial charge in [0.15, 0.2) is 0 Å². The molecular weight excluding hydrogens is 396 g/mol. The predicted molar refractivity (Wildman–Crippen MR) is 119 cm³/mol. The van der Waals surface area contributed by atoms with E-state index in [1.165, 1.54) is 12.0 Å². The summed E-state index contributed by atoms with van der Waals surface area (Å²) < 4.78 is 5.17. The first-order valence-electron chi connectivity index (χ1n) is 11.3. The van der Waals surface area contributed by atoms with Crippen molar-refractivity contribution in [3.05, 3.63) is 23.4 Å². The fourth-order valence-corrected chi connectivity index (χ4v) is 4.13. The summed E-state index contributed by atoms with van der Waals surface area (Å²) >= 11 is 0. The van der Waals surface area contributed by atoms with Crippen molar-refractivity contribution >= 4 is 17.9 Å². The van der Waals surface area contributed by atoms with Crippen molar-refractivity contribution in [3.63, 3.8) is 0 Å². The lowest BCUT2D eigenvalue weighted by atomic mass is 10.1. The molecule has 8 heteroatoms. The second-order valence-corrected chi connectivity index (χ2v) is 9.75. The van der Waals surface area contributed by atoms with Crippen LogP contribution in [-0.4, -0.2) is 64.9 Å². The number of nitrogens with one attached hydrogen (secondary N) is 2. The van der Waals surface area contributed by atoms with Crippen molar-refractivity contribution in [2.24, 2.45) is 5.92 Å². The van der Waals surface area contributed by atoms with Crippen LogP contribution in [0.3, 0.4) is 0 Å². The molecule has 8 nitrogen and oxygen atoms in total. The Morgan fingerprint density at radius 3 is 2.87 bits per heavy atom. The Hall–Kier alpha value is -2.35. The molecule has 1 aromatic heterocycles. The highest BCUT2D eigenvalue weighted by Gasteiger charge is 2.39. The zero-order valence-corrected chi connectivity index (χ0v) is 19.1. The predicted octanol–water partition coefficient (Wildman–Crippen LogP) is 3.06. The number of carboxylic acid groups (broad SMARTS) is 1. The third kappa shape index (κ3) is 7.09. The molecule has 0 radical (unpaired) electrons. The smallest absolute Gasteiger partial charge is 0.408 e. The Kier molecular flexibility index (Phi) is 7.41. The molecule has 31 heavy (non-hydrogen) atoms. The average molecular weight is 433 g/mol. The number of carbonyl (C=O) groups excluding carboxylic acids is 1. The number of rotatable bonds is 9. The van der Waals surface area contributed by atoms with Crippen molar-refractivity contribution in [2.75, 3.05) is 25.5 Å². The molecule has 0 aromatic carbocycles. The van der Waals surface area contributed by atoms with Crippen LogP contribution in [0, 0.1) is 5.92 Å². The van der Waals surface area contributed by atoms with Crippen molar-refractivity contribution in [2.45, 2.75) is 77.0 Å². The lowest BCUT2D eigenvalue weighted by Gasteiger charge is -2.23. The van der Waals surface area contributed by atoms with E-state index in [1.54, 1.807) is 20.8 Å². The van der Waals surface area contributed by atoms with E-state index >= 15 is 0 Å². The molecule has 2 aliphatic rings. The van der Waals surface area contributed by atoms with Gasteiger partial charge in [0.25, 0.3) is 0 Å². The summed E-state index contributed by atoms with van der Waals surface area (Å²) in [4.78, 5) is 30.4. The molecule has 2 heterocycles. The van der Waals surface area contributed by atoms with Crippen molar-refractivity contribution < 1.29 is 19.4 Å². The topological polar surface area (TPSA) is 104 Å². The number of hydrogen-bond donors (Lipinski definition) is 3. The van der Waals surface area contributed by atoms with Gasteiger partial charge in [0.2, 0.25) is 0 Å². The summed E-state index contributed by atoms with van der Waals surface area (Å²) in [5, 5.41) is 15.3. The minimum Gasteiger partial charge on any atom is -0.480 e. The Morgan fingerprint density at radius 1 is 1.39 bits per heavy atom. The Morgan fingerprint density at radius 2 is 2.16 bits per heavy atom. The maximum Gasteiger partial charge on any atom is 0.408 e. The average Bonchev–Trinajstić information content (AvgIpc) is 3.47. The van der Waals surface area contributed by atoms with Crippen LogP contribution in [0.15, 0.2) is 12.1 Å². The molecule has 1 aliphatic carbocycles. The van der Waals surface area contributed by atoms with E-state index in [-0.39, 0.29) is 0 Å². The van der Waals surface area contributed by atoms with Crippen LogP contribution in [0.5, 0.6) is 0 Å². The zero-order valence-electron chi connectivity index (χ0n) is 19.1. The number of aryl methyl sites for hydroxylation is 2. The van der Waals surface area contributed by atoms with Gasteiger partial charge in [0, 0.05) is 24.8 Å². The van der Waals surface area contributed by atoms with Gasteiger partial charge < -0.3 is 25.4 Å². The monoisotopic (exact) mass is 432 g/mol. The summed E-state index contributed by atoms with van der Waals surface area (Å²) in [7, 11) is 2.03. The summed E-state index contributed by atoms with van der Waals surface area (Å²) in [6.45, 7) is 6.85. The van der Waals surface area contributed by atoms with Gasteiger partial charge in [-0.3, -0.25) is 0 Å². The van der Waals surface area contributed by atoms with Crippen LogP contribution in [0.1, 0.15) is 57.7 Å². The fraction of sp³-hybridized carbons (Fsp3) is 0.696. The van der Waals surface area contributed by atoms with Crippen LogP contribution in [0.4, 0.5) is 10.6 Å². The van der Waals surface area contributed by atoms with Crippen LogP contribution in [0.2, 0.25) is 0 Å². The van der Waals surface area contributed by atoms with Gasteiger partial charge in [-0.1, -0.05) is 6.07 Å². The molecule has 3 atom stereocenters. The molecule has 1 aromatic rings. The van der Waals surface area contributed by atoms with Gasteiger partial charge >= 0.3 is 12.1 Å². The molecule has 172 valence electrons. The number of fused-ring (bicyclic) bond motifs is 1. The summed E-state index contributed by atoms with van der Waals surface area (Å²) in [5.41, 5.74) is 1.79. The maximum atomic E-state index is 11.9. The number of carboxylic acids is 1. The number of carbonyl (C=O) groups is 2. The molecule has 0 saturated heterocycles. The van der Waals surface area contributed by atoms with Gasteiger partial charge in [-0.15, -0.1) is 0 Å². The highest BCUT2D eigenvalue weighted by molar-refractivity contribution is 5.80. The number of pyridine rings is 1. The van der Waals surface area contributed by atoms with Crippen molar-refractivity contribution in [1.82, 2.24) is 15.2 Å². The first-order valence-corrected chi connectivity index (χ1v) is 11.3. The zero-order chi connectivity index (χ0) is 22.6. The van der Waals surface area contributed by atoms with E-state index in [2.05, 4.69) is 27.7 Å². The highest BCUT2D eigenvalue weighted by atomic mass is 16.6. The lowest BCUT2D eigenvalue weighted by molar-refractivity contribution is -0.139. The third-order valence-electron chi connectivity index (χ3n) is 5.93. The molecule has 0 bridgehead atoms. The minimum atomic E-state index is -1.04. The van der Waals surface area contributed by atoms with Crippen LogP contribution in [0.25, 0.3) is 0 Å². The number of alkyl carbamates (subject to hydrolysis) is 1. The second kappa shape index (κ2) is 9.85. The number of aliphatic carboxylic acids is 1. The molecule has 3 rings (SSSR count). The quantitative estimate of drug-likeness (QED) is 0.551.